The third-order valence-corrected chi connectivity index (χ3v) is 5.80. The number of aliphatic imine (C=N–C) groups is 1. The number of nitrogens with zero attached hydrogens (tertiary/aromatic N) is 1. The number of rotatable bonds is 5. The fourth-order valence-corrected chi connectivity index (χ4v) is 4.60. The summed E-state index contributed by atoms with van der Waals surface area (Å²) in [6, 6.07) is 16.6. The van der Waals surface area contributed by atoms with Gasteiger partial charge in [0.2, 0.25) is 0 Å². The lowest BCUT2D eigenvalue weighted by Gasteiger charge is -2.18. The number of sulfone groups is 1. The van der Waals surface area contributed by atoms with Crippen LogP contribution in [0.4, 0.5) is 5.69 Å². The maximum Gasteiger partial charge on any atom is 0.193 e. The number of ether oxygens (including phenoxy) is 1. The highest BCUT2D eigenvalue weighted by atomic mass is 32.2. The van der Waals surface area contributed by atoms with Crippen molar-refractivity contribution in [3.05, 3.63) is 54.6 Å². The Balaban J connectivity index is 1.62. The van der Waals surface area contributed by atoms with Crippen molar-refractivity contribution in [1.29, 1.82) is 0 Å². The lowest BCUT2D eigenvalue weighted by molar-refractivity contribution is 0.0775. The molecule has 1 aliphatic heterocycles. The Morgan fingerprint density at radius 2 is 1.92 bits per heavy atom. The molecule has 0 bridgehead atoms. The minimum atomic E-state index is -3.19. The van der Waals surface area contributed by atoms with Crippen LogP contribution in [0.3, 0.4) is 0 Å². The summed E-state index contributed by atoms with van der Waals surface area (Å²) in [5.74, 6) is 1.15. The molecule has 7 nitrogen and oxygen atoms in total. The SMILES string of the molecule is NC(=NCC1(O)CCS(=O)(=O)C1)Nc1cccc(Oc2ccccc2)c1. The van der Waals surface area contributed by atoms with Gasteiger partial charge in [-0.25, -0.2) is 8.42 Å². The van der Waals surface area contributed by atoms with Gasteiger partial charge in [-0.2, -0.15) is 0 Å². The van der Waals surface area contributed by atoms with Crippen molar-refractivity contribution in [2.24, 2.45) is 10.7 Å². The third-order valence-electron chi connectivity index (χ3n) is 4.00. The van der Waals surface area contributed by atoms with Crippen molar-refractivity contribution in [2.75, 3.05) is 23.4 Å². The first-order valence-corrected chi connectivity index (χ1v) is 9.99. The fourth-order valence-electron chi connectivity index (χ4n) is 2.71. The van der Waals surface area contributed by atoms with Gasteiger partial charge < -0.3 is 20.9 Å². The molecule has 0 aromatic heterocycles. The number of hydrogen-bond donors (Lipinski definition) is 3. The predicted molar refractivity (Wildman–Crippen MR) is 101 cm³/mol. The van der Waals surface area contributed by atoms with Crippen LogP contribution in [-0.4, -0.2) is 43.1 Å². The van der Waals surface area contributed by atoms with Gasteiger partial charge in [0.1, 0.15) is 11.5 Å². The number of aliphatic hydroxyl groups is 1. The smallest absolute Gasteiger partial charge is 0.193 e. The van der Waals surface area contributed by atoms with Gasteiger partial charge in [-0.3, -0.25) is 4.99 Å². The molecule has 3 rings (SSSR count). The number of para-hydroxylation sites is 1. The van der Waals surface area contributed by atoms with E-state index in [1.54, 1.807) is 12.1 Å². The standard InChI is InChI=1S/C18H21N3O4S/c19-17(20-12-18(22)9-10-26(23,24)13-18)21-14-5-4-8-16(11-14)25-15-6-2-1-3-7-15/h1-8,11,22H,9-10,12-13H2,(H3,19,20,21). The molecule has 26 heavy (non-hydrogen) atoms. The Morgan fingerprint density at radius 3 is 2.62 bits per heavy atom. The van der Waals surface area contributed by atoms with Gasteiger partial charge in [0.25, 0.3) is 0 Å². The molecule has 1 fully saturated rings. The van der Waals surface area contributed by atoms with Crippen LogP contribution in [0.25, 0.3) is 0 Å². The monoisotopic (exact) mass is 375 g/mol. The van der Waals surface area contributed by atoms with Gasteiger partial charge in [0, 0.05) is 11.8 Å². The van der Waals surface area contributed by atoms with Crippen LogP contribution in [0, 0.1) is 0 Å². The van der Waals surface area contributed by atoms with Gasteiger partial charge in [0.05, 0.1) is 23.7 Å². The number of nitrogens with one attached hydrogen (secondary N) is 1. The summed E-state index contributed by atoms with van der Waals surface area (Å²) in [5, 5.41) is 13.2. The van der Waals surface area contributed by atoms with Gasteiger partial charge in [0.15, 0.2) is 15.8 Å². The minimum Gasteiger partial charge on any atom is -0.457 e. The Labute approximate surface area is 152 Å². The van der Waals surface area contributed by atoms with Crippen LogP contribution in [0.5, 0.6) is 11.5 Å². The number of anilines is 1. The van der Waals surface area contributed by atoms with Crippen molar-refractivity contribution in [1.82, 2.24) is 0 Å². The fraction of sp³-hybridized carbons (Fsp3) is 0.278. The van der Waals surface area contributed by atoms with E-state index < -0.39 is 15.4 Å². The zero-order valence-electron chi connectivity index (χ0n) is 14.1. The van der Waals surface area contributed by atoms with E-state index in [-0.39, 0.29) is 30.4 Å². The Bertz CT molecular complexity index is 900. The van der Waals surface area contributed by atoms with E-state index in [1.807, 2.05) is 42.5 Å². The minimum absolute atomic E-state index is 0.0226. The largest absolute Gasteiger partial charge is 0.457 e. The highest BCUT2D eigenvalue weighted by Crippen LogP contribution is 2.25. The molecule has 8 heteroatoms. The van der Waals surface area contributed by atoms with Crippen LogP contribution in [0.2, 0.25) is 0 Å². The van der Waals surface area contributed by atoms with Crippen molar-refractivity contribution in [3.63, 3.8) is 0 Å². The normalized spacial score (nSPS) is 22.1. The first-order valence-electron chi connectivity index (χ1n) is 8.16. The highest BCUT2D eigenvalue weighted by molar-refractivity contribution is 7.91. The summed E-state index contributed by atoms with van der Waals surface area (Å²) in [4.78, 5) is 4.08. The van der Waals surface area contributed by atoms with Crippen LogP contribution >= 0.6 is 0 Å². The van der Waals surface area contributed by atoms with Crippen LogP contribution in [-0.2, 0) is 9.84 Å². The quantitative estimate of drug-likeness (QED) is 0.542. The second-order valence-corrected chi connectivity index (χ2v) is 8.52. The lowest BCUT2D eigenvalue weighted by Crippen LogP contribution is -2.35. The molecule has 2 aromatic rings. The van der Waals surface area contributed by atoms with E-state index in [1.165, 1.54) is 0 Å². The second kappa shape index (κ2) is 7.35. The average molecular weight is 375 g/mol. The van der Waals surface area contributed by atoms with Gasteiger partial charge >= 0.3 is 0 Å². The summed E-state index contributed by atoms with van der Waals surface area (Å²) in [7, 11) is -3.19. The predicted octanol–water partition coefficient (Wildman–Crippen LogP) is 1.76. The van der Waals surface area contributed by atoms with Crippen molar-refractivity contribution in [2.45, 2.75) is 12.0 Å². The molecule has 0 radical (unpaired) electrons. The molecule has 1 aliphatic rings. The maximum absolute atomic E-state index is 11.5. The summed E-state index contributed by atoms with van der Waals surface area (Å²) in [6.45, 7) is -0.0642. The molecule has 138 valence electrons. The van der Waals surface area contributed by atoms with E-state index in [2.05, 4.69) is 10.3 Å². The van der Waals surface area contributed by atoms with Crippen LogP contribution in [0.1, 0.15) is 6.42 Å². The van der Waals surface area contributed by atoms with E-state index in [4.69, 9.17) is 10.5 Å². The number of guanidine groups is 1. The molecule has 0 spiro atoms. The highest BCUT2D eigenvalue weighted by Gasteiger charge is 2.40. The molecule has 1 atom stereocenters. The summed E-state index contributed by atoms with van der Waals surface area (Å²) in [6.07, 6.45) is 0.173. The summed E-state index contributed by atoms with van der Waals surface area (Å²) < 4.78 is 28.8. The van der Waals surface area contributed by atoms with Crippen LogP contribution < -0.4 is 15.8 Å². The van der Waals surface area contributed by atoms with Gasteiger partial charge in [-0.05, 0) is 30.7 Å². The topological polar surface area (TPSA) is 114 Å². The molecule has 0 saturated carbocycles. The molecule has 1 unspecified atom stereocenters. The van der Waals surface area contributed by atoms with Gasteiger partial charge in [-0.15, -0.1) is 0 Å². The average Bonchev–Trinajstić information content (AvgIpc) is 2.88. The molecule has 2 aromatic carbocycles. The third kappa shape index (κ3) is 4.96. The first kappa shape index (κ1) is 18.2. The van der Waals surface area contributed by atoms with E-state index in [9.17, 15) is 13.5 Å². The second-order valence-electron chi connectivity index (χ2n) is 6.34. The van der Waals surface area contributed by atoms with Gasteiger partial charge in [-0.1, -0.05) is 24.3 Å². The lowest BCUT2D eigenvalue weighted by atomic mass is 10.1. The molecule has 0 aliphatic carbocycles. The zero-order chi connectivity index (χ0) is 18.6. The Kier molecular flexibility index (Phi) is 5.15. The number of hydrogen-bond acceptors (Lipinski definition) is 5. The van der Waals surface area contributed by atoms with E-state index >= 15 is 0 Å². The molecule has 1 heterocycles. The Morgan fingerprint density at radius 1 is 1.19 bits per heavy atom. The maximum atomic E-state index is 11.5. The zero-order valence-corrected chi connectivity index (χ0v) is 14.9. The molecule has 0 amide bonds. The first-order chi connectivity index (χ1) is 12.3. The molecule has 1 saturated heterocycles. The van der Waals surface area contributed by atoms with Crippen molar-refractivity contribution in [3.8, 4) is 11.5 Å². The number of benzene rings is 2. The van der Waals surface area contributed by atoms with E-state index in [0.717, 1.165) is 5.75 Å². The summed E-state index contributed by atoms with van der Waals surface area (Å²) in [5.41, 5.74) is 5.18. The molecular weight excluding hydrogens is 354 g/mol. The van der Waals surface area contributed by atoms with Crippen molar-refractivity contribution >= 4 is 21.5 Å². The van der Waals surface area contributed by atoms with Crippen LogP contribution in [0.15, 0.2) is 59.6 Å². The van der Waals surface area contributed by atoms with Crippen molar-refractivity contribution < 1.29 is 18.3 Å². The summed E-state index contributed by atoms with van der Waals surface area (Å²) >= 11 is 0. The number of nitrogens with two attached hydrogens (primary N) is 1. The Hall–Kier alpha value is -2.58. The van der Waals surface area contributed by atoms with E-state index in [0.29, 0.717) is 11.4 Å². The molecular formula is C18H21N3O4S. The molecule has 4 N–H and O–H groups in total.